The van der Waals surface area contributed by atoms with E-state index >= 15 is 0 Å². The zero-order chi connectivity index (χ0) is 16.8. The molecule has 4 N–H and O–H groups in total. The molecule has 0 saturated carbocycles. The largest absolute Gasteiger partial charge is 0.573 e. The molecule has 0 unspecified atom stereocenters. The Morgan fingerprint density at radius 2 is 2.00 bits per heavy atom. The number of nitrogens with two attached hydrogens (primary N) is 2. The maximum absolute atomic E-state index is 12.9. The Morgan fingerprint density at radius 1 is 1.32 bits per heavy atom. The number of hydrogen-bond donors (Lipinski definition) is 2. The average molecular weight is 318 g/mol. The first-order valence-electron chi connectivity index (χ1n) is 5.71. The van der Waals surface area contributed by atoms with Crippen LogP contribution in [0.15, 0.2) is 48.4 Å². The van der Waals surface area contributed by atoms with E-state index in [-0.39, 0.29) is 18.2 Å². The molecule has 0 aliphatic heterocycles. The third kappa shape index (κ3) is 6.51. The number of ether oxygens (including phenoxy) is 2. The van der Waals surface area contributed by atoms with Gasteiger partial charge in [-0.2, -0.15) is 4.39 Å². The van der Waals surface area contributed by atoms with Crippen LogP contribution in [0.3, 0.4) is 0 Å². The van der Waals surface area contributed by atoms with Crippen LogP contribution in [0.1, 0.15) is 5.56 Å². The summed E-state index contributed by atoms with van der Waals surface area (Å²) in [5.41, 5.74) is 10.2. The minimum atomic E-state index is -4.78. The van der Waals surface area contributed by atoms with Crippen molar-refractivity contribution < 1.29 is 27.0 Å². The standard InChI is InChI=1S/C13H11F4N3O2/c1-8(20-6-11(14)12(18)19)21-7-9-3-2-4-10(5-9)22-13(15,16)17/h2-5H,1,7H2,(H3,18,19)/p+1. The average Bonchev–Trinajstić information content (AvgIpc) is 2.40. The van der Waals surface area contributed by atoms with Crippen molar-refractivity contribution in [3.8, 4) is 11.8 Å². The third-order valence-corrected chi connectivity index (χ3v) is 2.07. The number of halogens is 4. The molecule has 1 rings (SSSR count). The molecule has 0 aliphatic rings. The maximum Gasteiger partial charge on any atom is 0.573 e. The van der Waals surface area contributed by atoms with Gasteiger partial charge in [-0.25, -0.2) is 0 Å². The van der Waals surface area contributed by atoms with Crippen molar-refractivity contribution in [1.82, 2.24) is 0 Å². The predicted octanol–water partition coefficient (Wildman–Crippen LogP) is 2.96. The third-order valence-electron chi connectivity index (χ3n) is 2.07. The Kier molecular flexibility index (Phi) is 5.63. The molecular formula is C13H12F4N3O2+. The van der Waals surface area contributed by atoms with Crippen molar-refractivity contribution >= 4 is 0 Å². The zero-order valence-corrected chi connectivity index (χ0v) is 11.2. The fourth-order valence-corrected chi connectivity index (χ4v) is 1.21. The van der Waals surface area contributed by atoms with Crippen molar-refractivity contribution in [1.29, 1.82) is 0 Å². The van der Waals surface area contributed by atoms with Crippen molar-refractivity contribution in [2.24, 2.45) is 11.5 Å². The fourth-order valence-electron chi connectivity index (χ4n) is 1.21. The summed E-state index contributed by atoms with van der Waals surface area (Å²) in [7, 11) is 0. The SMILES string of the molecule is C=C([N+]#CC(F)=C(N)N)OCc1cccc(OC(F)(F)F)c1. The molecule has 1 aromatic rings. The lowest BCUT2D eigenvalue weighted by molar-refractivity contribution is -0.274. The molecule has 0 bridgehead atoms. The maximum atomic E-state index is 12.9. The smallest absolute Gasteiger partial charge is 0.427 e. The highest BCUT2D eigenvalue weighted by Gasteiger charge is 2.31. The molecule has 0 amide bonds. The van der Waals surface area contributed by atoms with E-state index in [9.17, 15) is 17.6 Å². The minimum absolute atomic E-state index is 0.150. The molecule has 9 heteroatoms. The van der Waals surface area contributed by atoms with Gasteiger partial charge in [0, 0.05) is 11.4 Å². The van der Waals surface area contributed by atoms with Crippen LogP contribution in [0.25, 0.3) is 4.85 Å². The van der Waals surface area contributed by atoms with Crippen LogP contribution >= 0.6 is 0 Å². The zero-order valence-electron chi connectivity index (χ0n) is 11.2. The van der Waals surface area contributed by atoms with Gasteiger partial charge in [-0.1, -0.05) is 12.1 Å². The van der Waals surface area contributed by atoms with Crippen LogP contribution in [0, 0.1) is 6.07 Å². The number of benzene rings is 1. The minimum Gasteiger partial charge on any atom is -0.427 e. The fraction of sp³-hybridized carbons (Fsp3) is 0.154. The van der Waals surface area contributed by atoms with Gasteiger partial charge in [0.25, 0.3) is 5.83 Å². The highest BCUT2D eigenvalue weighted by molar-refractivity contribution is 5.28. The molecule has 118 valence electrons. The molecule has 0 atom stereocenters. The van der Waals surface area contributed by atoms with E-state index in [0.717, 1.165) is 12.1 Å². The first kappa shape index (κ1) is 17.2. The van der Waals surface area contributed by atoms with E-state index in [0.29, 0.717) is 5.56 Å². The molecule has 0 saturated heterocycles. The van der Waals surface area contributed by atoms with Crippen LogP contribution in [0.2, 0.25) is 0 Å². The molecule has 0 aliphatic carbocycles. The Labute approximate surface area is 123 Å². The Hall–Kier alpha value is -2.89. The molecule has 5 nitrogen and oxygen atoms in total. The monoisotopic (exact) mass is 318 g/mol. The van der Waals surface area contributed by atoms with E-state index < -0.39 is 18.0 Å². The first-order valence-corrected chi connectivity index (χ1v) is 5.71. The van der Waals surface area contributed by atoms with Gasteiger partial charge in [-0.15, -0.1) is 13.2 Å². The summed E-state index contributed by atoms with van der Waals surface area (Å²) in [6.07, 6.45) is -4.78. The Bertz CT molecular complexity index is 641. The van der Waals surface area contributed by atoms with E-state index in [4.69, 9.17) is 16.2 Å². The van der Waals surface area contributed by atoms with Crippen molar-refractivity contribution in [2.75, 3.05) is 0 Å². The number of allylic oxidation sites excluding steroid dienone is 1. The molecule has 0 spiro atoms. The molecule has 0 fully saturated rings. The van der Waals surface area contributed by atoms with E-state index in [2.05, 4.69) is 16.2 Å². The lowest BCUT2D eigenvalue weighted by Gasteiger charge is -2.09. The topological polar surface area (TPSA) is 74.9 Å². The molecule has 0 radical (unpaired) electrons. The lowest BCUT2D eigenvalue weighted by Crippen LogP contribution is -2.17. The van der Waals surface area contributed by atoms with Crippen LogP contribution in [0.4, 0.5) is 17.6 Å². The van der Waals surface area contributed by atoms with E-state index in [1.54, 1.807) is 0 Å². The summed E-state index contributed by atoms with van der Waals surface area (Å²) in [5, 5.41) is 0. The summed E-state index contributed by atoms with van der Waals surface area (Å²) in [4.78, 5) is 3.37. The normalized spacial score (nSPS) is 10.2. The number of rotatable bonds is 4. The van der Waals surface area contributed by atoms with Crippen LogP contribution in [-0.2, 0) is 11.3 Å². The number of alkyl halides is 3. The Morgan fingerprint density at radius 3 is 2.59 bits per heavy atom. The second-order valence-electron chi connectivity index (χ2n) is 3.87. The van der Waals surface area contributed by atoms with Gasteiger partial charge in [0.1, 0.15) is 18.2 Å². The highest BCUT2D eigenvalue weighted by Crippen LogP contribution is 2.23. The molecule has 0 aromatic heterocycles. The van der Waals surface area contributed by atoms with E-state index in [1.807, 2.05) is 6.07 Å². The second kappa shape index (κ2) is 7.21. The van der Waals surface area contributed by atoms with Crippen LogP contribution < -0.4 is 16.2 Å². The second-order valence-corrected chi connectivity index (χ2v) is 3.87. The lowest BCUT2D eigenvalue weighted by atomic mass is 10.2. The van der Waals surface area contributed by atoms with Gasteiger partial charge < -0.3 is 20.9 Å². The van der Waals surface area contributed by atoms with Crippen LogP contribution in [-0.4, -0.2) is 6.36 Å². The van der Waals surface area contributed by atoms with Gasteiger partial charge >= 0.3 is 18.3 Å². The summed E-state index contributed by atoms with van der Waals surface area (Å²) < 4.78 is 57.9. The van der Waals surface area contributed by atoms with Gasteiger partial charge in [-0.3, -0.25) is 0 Å². The molecule has 22 heavy (non-hydrogen) atoms. The van der Waals surface area contributed by atoms with Gasteiger partial charge in [-0.05, 0) is 17.7 Å². The summed E-state index contributed by atoms with van der Waals surface area (Å²) in [6, 6.07) is 6.98. The van der Waals surface area contributed by atoms with Crippen molar-refractivity contribution in [3.63, 3.8) is 0 Å². The van der Waals surface area contributed by atoms with Gasteiger partial charge in [0.2, 0.25) is 0 Å². The van der Waals surface area contributed by atoms with E-state index in [1.165, 1.54) is 12.1 Å². The first-order chi connectivity index (χ1) is 10.2. The van der Waals surface area contributed by atoms with Crippen molar-refractivity contribution in [3.05, 3.63) is 58.8 Å². The summed E-state index contributed by atoms with van der Waals surface area (Å²) in [5.74, 6) is -2.29. The van der Waals surface area contributed by atoms with Crippen LogP contribution in [0.5, 0.6) is 5.75 Å². The quantitative estimate of drug-likeness (QED) is 0.508. The molecule has 0 heterocycles. The van der Waals surface area contributed by atoms with Gasteiger partial charge in [0.15, 0.2) is 0 Å². The summed E-state index contributed by atoms with van der Waals surface area (Å²) in [6.45, 7) is 3.20. The molecule has 1 aromatic carbocycles. The highest BCUT2D eigenvalue weighted by atomic mass is 19.4. The van der Waals surface area contributed by atoms with Gasteiger partial charge in [0.05, 0.1) is 0 Å². The predicted molar refractivity (Wildman–Crippen MR) is 70.8 cm³/mol. The molecular weight excluding hydrogens is 306 g/mol. The number of hydrogen-bond acceptors (Lipinski definition) is 4. The Balaban J connectivity index is 2.64. The van der Waals surface area contributed by atoms with Crippen molar-refractivity contribution in [2.45, 2.75) is 13.0 Å². The summed E-state index contributed by atoms with van der Waals surface area (Å²) >= 11 is 0. The number of nitrogens with zero attached hydrogens (tertiary/aromatic N) is 1.